The molecule has 7 heteroatoms. The highest BCUT2D eigenvalue weighted by Gasteiger charge is 2.14. The van der Waals surface area contributed by atoms with Crippen LogP contribution in [0.4, 0.5) is 5.69 Å². The van der Waals surface area contributed by atoms with E-state index < -0.39 is 5.97 Å². The summed E-state index contributed by atoms with van der Waals surface area (Å²) in [7, 11) is 0. The molecule has 0 aliphatic carbocycles. The molecule has 0 radical (unpaired) electrons. The molecule has 2 aromatic heterocycles. The number of hydrogen-bond donors (Lipinski definition) is 2. The molecule has 0 atom stereocenters. The van der Waals surface area contributed by atoms with Crippen molar-refractivity contribution in [1.29, 1.82) is 0 Å². The second-order valence-electron chi connectivity index (χ2n) is 5.22. The van der Waals surface area contributed by atoms with Gasteiger partial charge in [0.15, 0.2) is 0 Å². The summed E-state index contributed by atoms with van der Waals surface area (Å²) in [6.45, 7) is 1.69. The maximum absolute atomic E-state index is 12.1. The third-order valence-corrected chi connectivity index (χ3v) is 4.41. The largest absolute Gasteiger partial charge is 0.478 e. The Labute approximate surface area is 142 Å². The average Bonchev–Trinajstić information content (AvgIpc) is 3.16. The molecule has 0 unspecified atom stereocenters. The first-order valence-electron chi connectivity index (χ1n) is 7.25. The highest BCUT2D eigenvalue weighted by atomic mass is 32.1. The number of carboxylic acids is 1. The van der Waals surface area contributed by atoms with E-state index >= 15 is 0 Å². The van der Waals surface area contributed by atoms with Crippen molar-refractivity contribution in [2.75, 3.05) is 5.32 Å². The number of thiophene rings is 1. The zero-order chi connectivity index (χ0) is 17.1. The molecule has 3 aromatic rings. The summed E-state index contributed by atoms with van der Waals surface area (Å²) in [4.78, 5) is 24.2. The lowest BCUT2D eigenvalue weighted by atomic mass is 10.2. The van der Waals surface area contributed by atoms with Gasteiger partial charge in [0.25, 0.3) is 0 Å². The number of carbonyl (C=O) groups is 2. The molecule has 1 amide bonds. The van der Waals surface area contributed by atoms with Gasteiger partial charge in [0.1, 0.15) is 5.56 Å². The van der Waals surface area contributed by atoms with Crippen LogP contribution in [-0.2, 0) is 11.2 Å². The summed E-state index contributed by atoms with van der Waals surface area (Å²) in [5, 5.41) is 18.0. The van der Waals surface area contributed by atoms with Crippen molar-refractivity contribution in [3.63, 3.8) is 0 Å². The second-order valence-corrected chi connectivity index (χ2v) is 6.25. The number of anilines is 1. The molecular weight excluding hydrogens is 326 g/mol. The molecule has 1 aromatic carbocycles. The molecule has 0 aliphatic heterocycles. The van der Waals surface area contributed by atoms with Crippen LogP contribution >= 0.6 is 11.3 Å². The van der Waals surface area contributed by atoms with E-state index in [1.165, 1.54) is 17.5 Å². The topological polar surface area (TPSA) is 84.2 Å². The van der Waals surface area contributed by atoms with Crippen LogP contribution < -0.4 is 5.32 Å². The number of aromatic carboxylic acids is 1. The minimum absolute atomic E-state index is 0.0991. The molecule has 122 valence electrons. The average molecular weight is 341 g/mol. The van der Waals surface area contributed by atoms with Crippen molar-refractivity contribution < 1.29 is 14.7 Å². The fraction of sp³-hybridized carbons (Fsp3) is 0.118. The second kappa shape index (κ2) is 6.67. The van der Waals surface area contributed by atoms with Gasteiger partial charge in [-0.3, -0.25) is 4.79 Å². The van der Waals surface area contributed by atoms with E-state index in [0.29, 0.717) is 23.5 Å². The SMILES string of the molecule is Cc1c(C(=O)O)cnn1-c1cccc(NC(=O)Cc2cccs2)c1. The number of benzene rings is 1. The Hall–Kier alpha value is -2.93. The monoisotopic (exact) mass is 341 g/mol. The van der Waals surface area contributed by atoms with Gasteiger partial charge in [0.05, 0.1) is 24.0 Å². The van der Waals surface area contributed by atoms with E-state index in [1.54, 1.807) is 35.9 Å². The molecule has 0 spiro atoms. The Morgan fingerprint density at radius 3 is 2.79 bits per heavy atom. The van der Waals surface area contributed by atoms with Crippen molar-refractivity contribution in [2.45, 2.75) is 13.3 Å². The predicted octanol–water partition coefficient (Wildman–Crippen LogP) is 3.12. The standard InChI is InChI=1S/C17H15N3O3S/c1-11-15(17(22)23)10-18-20(11)13-5-2-4-12(8-13)19-16(21)9-14-6-3-7-24-14/h2-8,10H,9H2,1H3,(H,19,21)(H,22,23). The molecule has 24 heavy (non-hydrogen) atoms. The molecule has 2 N–H and O–H groups in total. The van der Waals surface area contributed by atoms with E-state index in [1.807, 2.05) is 17.5 Å². The summed E-state index contributed by atoms with van der Waals surface area (Å²) >= 11 is 1.54. The van der Waals surface area contributed by atoms with Crippen LogP contribution in [0.2, 0.25) is 0 Å². The van der Waals surface area contributed by atoms with Crippen LogP contribution in [0.5, 0.6) is 0 Å². The van der Waals surface area contributed by atoms with E-state index in [-0.39, 0.29) is 11.5 Å². The number of carbonyl (C=O) groups excluding carboxylic acids is 1. The van der Waals surface area contributed by atoms with Crippen molar-refractivity contribution in [3.05, 3.63) is 64.1 Å². The van der Waals surface area contributed by atoms with E-state index in [9.17, 15) is 9.59 Å². The number of nitrogens with one attached hydrogen (secondary N) is 1. The molecular formula is C17H15N3O3S. The summed E-state index contributed by atoms with van der Waals surface area (Å²) in [6, 6.07) is 11.0. The Balaban J connectivity index is 1.79. The molecule has 0 aliphatic rings. The van der Waals surface area contributed by atoms with Crippen LogP contribution in [0, 0.1) is 6.92 Å². The van der Waals surface area contributed by atoms with Crippen LogP contribution in [-0.4, -0.2) is 26.8 Å². The maximum Gasteiger partial charge on any atom is 0.339 e. The molecule has 3 rings (SSSR count). The molecule has 2 heterocycles. The van der Waals surface area contributed by atoms with E-state index in [0.717, 1.165) is 4.88 Å². The predicted molar refractivity (Wildman–Crippen MR) is 91.9 cm³/mol. The van der Waals surface area contributed by atoms with Gasteiger partial charge < -0.3 is 10.4 Å². The summed E-state index contributed by atoms with van der Waals surface area (Å²) in [6.07, 6.45) is 1.64. The molecule has 0 saturated heterocycles. The minimum atomic E-state index is -1.01. The highest BCUT2D eigenvalue weighted by molar-refractivity contribution is 7.10. The van der Waals surface area contributed by atoms with Gasteiger partial charge in [0, 0.05) is 10.6 Å². The molecule has 0 fully saturated rings. The van der Waals surface area contributed by atoms with Gasteiger partial charge in [-0.1, -0.05) is 12.1 Å². The number of nitrogens with zero attached hydrogens (tertiary/aromatic N) is 2. The van der Waals surface area contributed by atoms with Crippen molar-refractivity contribution >= 4 is 28.9 Å². The quantitative estimate of drug-likeness (QED) is 0.747. The lowest BCUT2D eigenvalue weighted by molar-refractivity contribution is -0.115. The lowest BCUT2D eigenvalue weighted by Crippen LogP contribution is -2.14. The first-order chi connectivity index (χ1) is 11.5. The first kappa shape index (κ1) is 15.9. The number of aromatic nitrogens is 2. The zero-order valence-electron chi connectivity index (χ0n) is 12.9. The number of carboxylic acid groups (broad SMARTS) is 1. The third kappa shape index (κ3) is 3.36. The lowest BCUT2D eigenvalue weighted by Gasteiger charge is -2.09. The van der Waals surface area contributed by atoms with E-state index in [4.69, 9.17) is 5.11 Å². The van der Waals surface area contributed by atoms with Crippen molar-refractivity contribution in [3.8, 4) is 5.69 Å². The normalized spacial score (nSPS) is 10.5. The van der Waals surface area contributed by atoms with Crippen LogP contribution in [0.1, 0.15) is 20.9 Å². The van der Waals surface area contributed by atoms with E-state index in [2.05, 4.69) is 10.4 Å². The van der Waals surface area contributed by atoms with Crippen LogP contribution in [0.25, 0.3) is 5.69 Å². The highest BCUT2D eigenvalue weighted by Crippen LogP contribution is 2.18. The molecule has 6 nitrogen and oxygen atoms in total. The fourth-order valence-electron chi connectivity index (χ4n) is 2.37. The Morgan fingerprint density at radius 2 is 2.12 bits per heavy atom. The zero-order valence-corrected chi connectivity index (χ0v) is 13.7. The van der Waals surface area contributed by atoms with Crippen molar-refractivity contribution in [2.24, 2.45) is 0 Å². The van der Waals surface area contributed by atoms with Gasteiger partial charge in [-0.05, 0) is 36.6 Å². The minimum Gasteiger partial charge on any atom is -0.478 e. The number of hydrogen-bond acceptors (Lipinski definition) is 4. The molecule has 0 bridgehead atoms. The summed E-state index contributed by atoms with van der Waals surface area (Å²) < 4.78 is 1.54. The Kier molecular flexibility index (Phi) is 4.43. The summed E-state index contributed by atoms with van der Waals surface area (Å²) in [5.41, 5.74) is 2.02. The van der Waals surface area contributed by atoms with Gasteiger partial charge in [-0.15, -0.1) is 11.3 Å². The number of amides is 1. The Morgan fingerprint density at radius 1 is 1.29 bits per heavy atom. The maximum atomic E-state index is 12.1. The summed E-state index contributed by atoms with van der Waals surface area (Å²) in [5.74, 6) is -1.11. The van der Waals surface area contributed by atoms with Gasteiger partial charge in [-0.2, -0.15) is 5.10 Å². The molecule has 0 saturated carbocycles. The number of rotatable bonds is 5. The van der Waals surface area contributed by atoms with Gasteiger partial charge in [0.2, 0.25) is 5.91 Å². The third-order valence-electron chi connectivity index (χ3n) is 3.53. The first-order valence-corrected chi connectivity index (χ1v) is 8.13. The van der Waals surface area contributed by atoms with Crippen LogP contribution in [0.15, 0.2) is 48.0 Å². The fourth-order valence-corrected chi connectivity index (χ4v) is 3.08. The van der Waals surface area contributed by atoms with Crippen LogP contribution in [0.3, 0.4) is 0 Å². The van der Waals surface area contributed by atoms with Gasteiger partial charge >= 0.3 is 5.97 Å². The van der Waals surface area contributed by atoms with Crippen molar-refractivity contribution in [1.82, 2.24) is 9.78 Å². The smallest absolute Gasteiger partial charge is 0.339 e. The Bertz CT molecular complexity index is 884. The van der Waals surface area contributed by atoms with Gasteiger partial charge in [-0.25, -0.2) is 9.48 Å².